The Morgan fingerprint density at radius 3 is 2.83 bits per heavy atom. The fraction of sp³-hybridized carbons (Fsp3) is 0.385. The number of unbranched alkanes of at least 4 members (excludes halogenated alkanes) is 1. The number of thioether (sulfide) groups is 1. The predicted molar refractivity (Wildman–Crippen MR) is 77.4 cm³/mol. The van der Waals surface area contributed by atoms with E-state index in [1.54, 1.807) is 24.3 Å². The van der Waals surface area contributed by atoms with E-state index in [1.807, 2.05) is 0 Å². The zero-order chi connectivity index (χ0) is 13.4. The van der Waals surface area contributed by atoms with Gasteiger partial charge in [0.15, 0.2) is 0 Å². The normalized spacial score (nSPS) is 10.1. The lowest BCUT2D eigenvalue weighted by Crippen LogP contribution is -2.06. The average Bonchev–Trinajstić information content (AvgIpc) is 2.28. The van der Waals surface area contributed by atoms with E-state index in [0.29, 0.717) is 5.69 Å². The molecule has 0 saturated heterocycles. The summed E-state index contributed by atoms with van der Waals surface area (Å²) in [7, 11) is 0. The Morgan fingerprint density at radius 1 is 1.39 bits per heavy atom. The molecule has 0 bridgehead atoms. The first-order valence-electron chi connectivity index (χ1n) is 5.83. The van der Waals surface area contributed by atoms with Gasteiger partial charge in [-0.05, 0) is 35.7 Å². The summed E-state index contributed by atoms with van der Waals surface area (Å²) in [6, 6.07) is 7.15. The van der Waals surface area contributed by atoms with Crippen molar-refractivity contribution in [1.82, 2.24) is 0 Å². The minimum absolute atomic E-state index is 0.0715. The largest absolute Gasteiger partial charge is 0.317 e. The molecular weight excluding hydrogens is 270 g/mol. The maximum absolute atomic E-state index is 11.6. The van der Waals surface area contributed by atoms with Crippen LogP contribution in [0.15, 0.2) is 24.3 Å². The van der Waals surface area contributed by atoms with Crippen molar-refractivity contribution in [2.45, 2.75) is 26.2 Å². The monoisotopic (exact) mass is 285 g/mol. The lowest BCUT2D eigenvalue weighted by molar-refractivity contribution is -0.111. The fourth-order valence-electron chi connectivity index (χ4n) is 1.38. The molecule has 0 spiro atoms. The molecule has 0 aliphatic carbocycles. The summed E-state index contributed by atoms with van der Waals surface area (Å²) in [5, 5.41) is 2.31. The zero-order valence-electron chi connectivity index (χ0n) is 10.2. The lowest BCUT2D eigenvalue weighted by atomic mass is 10.1. The Bertz CT molecular complexity index is 423. The van der Waals surface area contributed by atoms with Crippen molar-refractivity contribution < 1.29 is 9.59 Å². The summed E-state index contributed by atoms with van der Waals surface area (Å²) in [5.41, 5.74) is 1.49. The number of anilines is 1. The van der Waals surface area contributed by atoms with Gasteiger partial charge in [0.1, 0.15) is 0 Å². The molecule has 0 aromatic heterocycles. The molecule has 0 heterocycles. The molecule has 3 nitrogen and oxygen atoms in total. The van der Waals surface area contributed by atoms with Gasteiger partial charge in [-0.3, -0.25) is 9.59 Å². The molecule has 1 aromatic carbocycles. The fourth-order valence-corrected chi connectivity index (χ4v) is 2.35. The topological polar surface area (TPSA) is 46.2 Å². The number of carbonyl (C=O) groups excluding carboxylic acids is 2. The van der Waals surface area contributed by atoms with Gasteiger partial charge >= 0.3 is 0 Å². The molecule has 0 saturated carbocycles. The third-order valence-corrected chi connectivity index (χ3v) is 3.24. The van der Waals surface area contributed by atoms with Crippen LogP contribution >= 0.6 is 23.4 Å². The summed E-state index contributed by atoms with van der Waals surface area (Å²) in [6.45, 7) is 2.09. The van der Waals surface area contributed by atoms with Crippen LogP contribution < -0.4 is 5.32 Å². The van der Waals surface area contributed by atoms with E-state index < -0.39 is 5.24 Å². The molecule has 5 heteroatoms. The van der Waals surface area contributed by atoms with Gasteiger partial charge in [-0.1, -0.05) is 37.2 Å². The highest BCUT2D eigenvalue weighted by Gasteiger charge is 2.04. The molecular formula is C13H16ClNO2S. The Morgan fingerprint density at radius 2 is 2.17 bits per heavy atom. The van der Waals surface area contributed by atoms with E-state index in [1.165, 1.54) is 11.8 Å². The molecule has 0 atom stereocenters. The van der Waals surface area contributed by atoms with Crippen molar-refractivity contribution in [3.05, 3.63) is 29.8 Å². The molecule has 0 aliphatic rings. The molecule has 0 radical (unpaired) electrons. The Balaban J connectivity index is 2.51. The number of nitrogens with one attached hydrogen (secondary N) is 1. The van der Waals surface area contributed by atoms with Crippen LogP contribution in [0, 0.1) is 0 Å². The van der Waals surface area contributed by atoms with Gasteiger partial charge in [0.05, 0.1) is 0 Å². The van der Waals surface area contributed by atoms with Gasteiger partial charge in [-0.15, -0.1) is 0 Å². The van der Waals surface area contributed by atoms with E-state index in [4.69, 9.17) is 11.6 Å². The Hall–Kier alpha value is -1.00. The zero-order valence-corrected chi connectivity index (χ0v) is 11.8. The summed E-state index contributed by atoms with van der Waals surface area (Å²) < 4.78 is 0. The molecule has 1 aromatic rings. The molecule has 0 aliphatic heterocycles. The standard InChI is InChI=1S/C13H16ClNO2S/c1-2-3-7-18-13(17)15-11-6-4-5-10(8-11)9-12(14)16/h4-6,8H,2-3,7,9H2,1H3,(H,15,17). The van der Waals surface area contributed by atoms with Crippen molar-refractivity contribution >= 4 is 39.5 Å². The van der Waals surface area contributed by atoms with Crippen LogP contribution in [-0.4, -0.2) is 16.2 Å². The lowest BCUT2D eigenvalue weighted by Gasteiger charge is -2.06. The highest BCUT2D eigenvalue weighted by molar-refractivity contribution is 8.13. The molecule has 1 amide bonds. The quantitative estimate of drug-likeness (QED) is 0.633. The second-order valence-corrected chi connectivity index (χ2v) is 5.34. The smallest absolute Gasteiger partial charge is 0.283 e. The van der Waals surface area contributed by atoms with Crippen LogP contribution in [0.4, 0.5) is 10.5 Å². The number of hydrogen-bond donors (Lipinski definition) is 1. The first kappa shape index (κ1) is 15.1. The van der Waals surface area contributed by atoms with Crippen LogP contribution in [0.1, 0.15) is 25.3 Å². The van der Waals surface area contributed by atoms with Crippen molar-refractivity contribution in [3.8, 4) is 0 Å². The second-order valence-electron chi connectivity index (χ2n) is 3.85. The van der Waals surface area contributed by atoms with Gasteiger partial charge in [0.25, 0.3) is 5.24 Å². The number of halogens is 1. The molecule has 18 heavy (non-hydrogen) atoms. The minimum atomic E-state index is -0.407. The van der Waals surface area contributed by atoms with Crippen molar-refractivity contribution in [2.24, 2.45) is 0 Å². The number of rotatable bonds is 6. The van der Waals surface area contributed by atoms with Crippen LogP contribution in [0.3, 0.4) is 0 Å². The van der Waals surface area contributed by atoms with E-state index in [9.17, 15) is 9.59 Å². The molecule has 1 rings (SSSR count). The maximum atomic E-state index is 11.6. The summed E-state index contributed by atoms with van der Waals surface area (Å²) in [6.07, 6.45) is 2.28. The number of benzene rings is 1. The van der Waals surface area contributed by atoms with Gasteiger partial charge < -0.3 is 5.32 Å². The van der Waals surface area contributed by atoms with Crippen LogP contribution in [0.2, 0.25) is 0 Å². The maximum Gasteiger partial charge on any atom is 0.283 e. The van der Waals surface area contributed by atoms with Crippen LogP contribution in [0.5, 0.6) is 0 Å². The summed E-state index contributed by atoms with van der Waals surface area (Å²) >= 11 is 6.60. The van der Waals surface area contributed by atoms with E-state index in [0.717, 1.165) is 24.2 Å². The third-order valence-electron chi connectivity index (χ3n) is 2.25. The van der Waals surface area contributed by atoms with Gasteiger partial charge in [-0.2, -0.15) is 0 Å². The van der Waals surface area contributed by atoms with Crippen molar-refractivity contribution in [3.63, 3.8) is 0 Å². The predicted octanol–water partition coefficient (Wildman–Crippen LogP) is 4.06. The van der Waals surface area contributed by atoms with E-state index in [-0.39, 0.29) is 11.7 Å². The van der Waals surface area contributed by atoms with Gasteiger partial charge in [-0.25, -0.2) is 0 Å². The minimum Gasteiger partial charge on any atom is -0.317 e. The van der Waals surface area contributed by atoms with Gasteiger partial charge in [0.2, 0.25) is 5.24 Å². The highest BCUT2D eigenvalue weighted by atomic mass is 35.5. The summed E-state index contributed by atoms with van der Waals surface area (Å²) in [4.78, 5) is 22.4. The van der Waals surface area contributed by atoms with E-state index in [2.05, 4.69) is 12.2 Å². The molecule has 0 unspecified atom stereocenters. The SMILES string of the molecule is CCCCSC(=O)Nc1cccc(CC(=O)Cl)c1. The Labute approximate surface area is 116 Å². The first-order valence-corrected chi connectivity index (χ1v) is 7.19. The first-order chi connectivity index (χ1) is 8.61. The second kappa shape index (κ2) is 8.16. The van der Waals surface area contributed by atoms with E-state index >= 15 is 0 Å². The van der Waals surface area contributed by atoms with Crippen LogP contribution in [0.25, 0.3) is 0 Å². The van der Waals surface area contributed by atoms with Crippen molar-refractivity contribution in [2.75, 3.05) is 11.1 Å². The number of hydrogen-bond acceptors (Lipinski definition) is 3. The molecule has 0 fully saturated rings. The Kier molecular flexibility index (Phi) is 6.83. The number of carbonyl (C=O) groups is 2. The summed E-state index contributed by atoms with van der Waals surface area (Å²) in [5.74, 6) is 0.822. The molecule has 98 valence electrons. The molecule has 1 N–H and O–H groups in total. The van der Waals surface area contributed by atoms with Gasteiger partial charge in [0, 0.05) is 17.9 Å². The third kappa shape index (κ3) is 6.07. The average molecular weight is 286 g/mol. The van der Waals surface area contributed by atoms with Crippen molar-refractivity contribution in [1.29, 1.82) is 0 Å². The number of amides is 1. The van der Waals surface area contributed by atoms with Crippen LogP contribution in [-0.2, 0) is 11.2 Å². The highest BCUT2D eigenvalue weighted by Crippen LogP contribution is 2.15.